The van der Waals surface area contributed by atoms with E-state index in [1.807, 2.05) is 0 Å². The molecule has 1 aliphatic carbocycles. The van der Waals surface area contributed by atoms with Gasteiger partial charge in [0, 0.05) is 7.05 Å². The topological polar surface area (TPSA) is 96.0 Å². The largest absolute Gasteiger partial charge is 0.451 e. The minimum atomic E-state index is -1.17. The minimum Gasteiger partial charge on any atom is -0.451 e. The van der Waals surface area contributed by atoms with Crippen LogP contribution in [0.1, 0.15) is 39.0 Å². The van der Waals surface area contributed by atoms with E-state index in [0.717, 1.165) is 24.2 Å². The van der Waals surface area contributed by atoms with E-state index in [2.05, 4.69) is 5.32 Å². The molecular formula is C20H23Cl2N3O5. The van der Waals surface area contributed by atoms with Crippen molar-refractivity contribution in [3.63, 3.8) is 0 Å². The smallest absolute Gasteiger partial charge is 0.327 e. The van der Waals surface area contributed by atoms with Crippen LogP contribution in [0.5, 0.6) is 0 Å². The number of anilines is 1. The molecule has 1 spiro atoms. The second-order valence-electron chi connectivity index (χ2n) is 7.55. The van der Waals surface area contributed by atoms with Gasteiger partial charge in [0.15, 0.2) is 6.10 Å². The highest BCUT2D eigenvalue weighted by Crippen LogP contribution is 2.39. The molecule has 2 fully saturated rings. The Morgan fingerprint density at radius 3 is 2.53 bits per heavy atom. The fourth-order valence-corrected chi connectivity index (χ4v) is 4.27. The van der Waals surface area contributed by atoms with Crippen LogP contribution in [0, 0.1) is 0 Å². The Labute approximate surface area is 184 Å². The summed E-state index contributed by atoms with van der Waals surface area (Å²) in [5.41, 5.74) is -0.593. The van der Waals surface area contributed by atoms with Crippen molar-refractivity contribution in [1.29, 1.82) is 0 Å². The van der Waals surface area contributed by atoms with Crippen LogP contribution in [-0.4, -0.2) is 58.8 Å². The summed E-state index contributed by atoms with van der Waals surface area (Å²) in [7, 11) is 1.59. The third-order valence-electron chi connectivity index (χ3n) is 5.66. The predicted octanol–water partition coefficient (Wildman–Crippen LogP) is 3.46. The molecule has 1 aliphatic heterocycles. The van der Waals surface area contributed by atoms with Crippen molar-refractivity contribution in [2.75, 3.05) is 18.9 Å². The molecule has 1 saturated heterocycles. The van der Waals surface area contributed by atoms with Gasteiger partial charge in [0.25, 0.3) is 11.8 Å². The van der Waals surface area contributed by atoms with E-state index in [0.29, 0.717) is 12.8 Å². The quantitative estimate of drug-likeness (QED) is 0.541. The lowest BCUT2D eigenvalue weighted by molar-refractivity contribution is -0.155. The molecule has 0 radical (unpaired) electrons. The third kappa shape index (κ3) is 4.11. The van der Waals surface area contributed by atoms with E-state index in [1.165, 1.54) is 11.8 Å². The normalized spacial score (nSPS) is 19.2. The van der Waals surface area contributed by atoms with Gasteiger partial charge < -0.3 is 15.0 Å². The Balaban J connectivity index is 1.61. The molecule has 1 atom stereocenters. The zero-order valence-electron chi connectivity index (χ0n) is 16.7. The van der Waals surface area contributed by atoms with Gasteiger partial charge in [0.05, 0.1) is 15.7 Å². The van der Waals surface area contributed by atoms with Crippen LogP contribution in [0.15, 0.2) is 18.2 Å². The number of urea groups is 1. The maximum atomic E-state index is 12.9. The second-order valence-corrected chi connectivity index (χ2v) is 8.33. The maximum Gasteiger partial charge on any atom is 0.327 e. The summed E-state index contributed by atoms with van der Waals surface area (Å²) in [6.07, 6.45) is 2.72. The molecule has 0 bridgehead atoms. The number of benzene rings is 1. The summed E-state index contributed by atoms with van der Waals surface area (Å²) >= 11 is 12.0. The van der Waals surface area contributed by atoms with Crippen molar-refractivity contribution < 1.29 is 23.9 Å². The lowest BCUT2D eigenvalue weighted by Crippen LogP contribution is -2.49. The molecule has 30 heavy (non-hydrogen) atoms. The number of imide groups is 1. The SMILES string of the molecule is CC(OC(=O)CN1C(=O)N(C)C2(CCCCC2)C1=O)C(=O)Nc1cccc(Cl)c1Cl. The molecule has 3 rings (SSSR count). The Morgan fingerprint density at radius 1 is 1.20 bits per heavy atom. The number of hydrogen-bond donors (Lipinski definition) is 1. The van der Waals surface area contributed by atoms with Crippen LogP contribution in [0.2, 0.25) is 10.0 Å². The van der Waals surface area contributed by atoms with Gasteiger partial charge in [0.2, 0.25) is 0 Å². The van der Waals surface area contributed by atoms with E-state index in [9.17, 15) is 19.2 Å². The van der Waals surface area contributed by atoms with Crippen molar-refractivity contribution in [2.45, 2.75) is 50.7 Å². The molecule has 10 heteroatoms. The number of nitrogens with one attached hydrogen (secondary N) is 1. The van der Waals surface area contributed by atoms with Crippen molar-refractivity contribution in [2.24, 2.45) is 0 Å². The molecular weight excluding hydrogens is 433 g/mol. The number of ether oxygens (including phenoxy) is 1. The zero-order valence-corrected chi connectivity index (χ0v) is 18.3. The van der Waals surface area contributed by atoms with E-state index in [4.69, 9.17) is 27.9 Å². The van der Waals surface area contributed by atoms with Crippen molar-refractivity contribution >= 4 is 52.7 Å². The Bertz CT molecular complexity index is 885. The lowest BCUT2D eigenvalue weighted by Gasteiger charge is -2.35. The number of hydrogen-bond acceptors (Lipinski definition) is 5. The molecule has 1 aromatic carbocycles. The van der Waals surface area contributed by atoms with Crippen LogP contribution in [0.3, 0.4) is 0 Å². The summed E-state index contributed by atoms with van der Waals surface area (Å²) in [4.78, 5) is 52.5. The number of amides is 4. The van der Waals surface area contributed by atoms with Gasteiger partial charge >= 0.3 is 12.0 Å². The van der Waals surface area contributed by atoms with Crippen molar-refractivity contribution in [1.82, 2.24) is 9.80 Å². The highest BCUT2D eigenvalue weighted by atomic mass is 35.5. The summed E-state index contributed by atoms with van der Waals surface area (Å²) < 4.78 is 5.13. The molecule has 2 aliphatic rings. The summed E-state index contributed by atoms with van der Waals surface area (Å²) in [5.74, 6) is -1.85. The van der Waals surface area contributed by atoms with Crippen LogP contribution < -0.4 is 5.32 Å². The Kier molecular flexibility index (Phi) is 6.57. The fraction of sp³-hybridized carbons (Fsp3) is 0.500. The van der Waals surface area contributed by atoms with Gasteiger partial charge in [-0.25, -0.2) is 4.79 Å². The molecule has 162 valence electrons. The molecule has 1 heterocycles. The average molecular weight is 456 g/mol. The average Bonchev–Trinajstić information content (AvgIpc) is 2.88. The van der Waals surface area contributed by atoms with E-state index in [1.54, 1.807) is 25.2 Å². The summed E-state index contributed by atoms with van der Waals surface area (Å²) in [6, 6.07) is 4.22. The van der Waals surface area contributed by atoms with Gasteiger partial charge in [-0.1, -0.05) is 48.5 Å². The minimum absolute atomic E-state index is 0.167. The molecule has 1 N–H and O–H groups in total. The fourth-order valence-electron chi connectivity index (χ4n) is 3.92. The molecule has 4 amide bonds. The molecule has 1 saturated carbocycles. The first-order chi connectivity index (χ1) is 14.2. The van der Waals surface area contributed by atoms with E-state index in [-0.39, 0.29) is 21.6 Å². The lowest BCUT2D eigenvalue weighted by atomic mass is 9.81. The maximum absolute atomic E-state index is 12.9. The Morgan fingerprint density at radius 2 is 1.87 bits per heavy atom. The first-order valence-corrected chi connectivity index (χ1v) is 10.5. The Hall–Kier alpha value is -2.32. The highest BCUT2D eigenvalue weighted by Gasteiger charge is 2.56. The monoisotopic (exact) mass is 455 g/mol. The van der Waals surface area contributed by atoms with Crippen LogP contribution >= 0.6 is 23.2 Å². The number of halogens is 2. The third-order valence-corrected chi connectivity index (χ3v) is 6.48. The van der Waals surface area contributed by atoms with Crippen LogP contribution in [0.25, 0.3) is 0 Å². The number of esters is 1. The van der Waals surface area contributed by atoms with Crippen LogP contribution in [0.4, 0.5) is 10.5 Å². The number of rotatable bonds is 5. The number of nitrogens with zero attached hydrogens (tertiary/aromatic N) is 2. The van der Waals surface area contributed by atoms with E-state index >= 15 is 0 Å². The molecule has 1 aromatic rings. The first kappa shape index (κ1) is 22.4. The standard InChI is InChI=1S/C20H23Cl2N3O5/c1-12(17(27)23-14-8-6-7-13(21)16(14)22)30-15(26)11-25-18(28)20(24(2)19(25)29)9-4-3-5-10-20/h6-8,12H,3-5,9-11H2,1-2H3,(H,23,27). The van der Waals surface area contributed by atoms with Crippen molar-refractivity contribution in [3.8, 4) is 0 Å². The first-order valence-electron chi connectivity index (χ1n) is 9.71. The van der Waals surface area contributed by atoms with Gasteiger partial charge in [-0.2, -0.15) is 0 Å². The van der Waals surface area contributed by atoms with Gasteiger partial charge in [-0.05, 0) is 31.9 Å². The molecule has 8 nitrogen and oxygen atoms in total. The van der Waals surface area contributed by atoms with E-state index < -0.39 is 36.1 Å². The molecule has 1 unspecified atom stereocenters. The predicted molar refractivity (Wildman–Crippen MR) is 111 cm³/mol. The zero-order chi connectivity index (χ0) is 22.1. The van der Waals surface area contributed by atoms with Crippen LogP contribution in [-0.2, 0) is 19.1 Å². The second kappa shape index (κ2) is 8.81. The summed E-state index contributed by atoms with van der Waals surface area (Å²) in [6.45, 7) is 0.841. The summed E-state index contributed by atoms with van der Waals surface area (Å²) in [5, 5.41) is 2.97. The molecule has 0 aromatic heterocycles. The van der Waals surface area contributed by atoms with Crippen molar-refractivity contribution in [3.05, 3.63) is 28.2 Å². The van der Waals surface area contributed by atoms with Gasteiger partial charge in [-0.3, -0.25) is 19.3 Å². The highest BCUT2D eigenvalue weighted by molar-refractivity contribution is 6.44. The number of likely N-dealkylation sites (N-methyl/N-ethyl adjacent to an activating group) is 1. The number of carbonyl (C=O) groups is 4. The van der Waals surface area contributed by atoms with Gasteiger partial charge in [-0.15, -0.1) is 0 Å². The van der Waals surface area contributed by atoms with Gasteiger partial charge in [0.1, 0.15) is 12.1 Å². The number of carbonyl (C=O) groups excluding carboxylic acids is 4.